The predicted octanol–water partition coefficient (Wildman–Crippen LogP) is 13.0. The lowest BCUT2D eigenvalue weighted by molar-refractivity contribution is 0.661. The van der Waals surface area contributed by atoms with Crippen molar-refractivity contribution in [1.29, 1.82) is 0 Å². The molecule has 260 valence electrons. The SMILES string of the molecule is CC1(C)c2cc(-c3ccc(-c4nc(-c5ccccc5)nc(-c5ccccc5)n4)c4c3oc3ccccc34)ccc2-c2cc3nc(-c4ccccc4)sc3cc21. The van der Waals surface area contributed by atoms with Crippen LogP contribution < -0.4 is 0 Å². The van der Waals surface area contributed by atoms with Gasteiger partial charge in [0.2, 0.25) is 0 Å². The van der Waals surface area contributed by atoms with Gasteiger partial charge in [-0.3, -0.25) is 0 Å². The fourth-order valence-corrected chi connectivity index (χ4v) is 9.19. The van der Waals surface area contributed by atoms with Gasteiger partial charge < -0.3 is 4.42 Å². The molecule has 0 radical (unpaired) electrons. The van der Waals surface area contributed by atoms with Crippen LogP contribution in [0.2, 0.25) is 0 Å². The molecular formula is C49H32N4OS. The molecule has 1 aliphatic rings. The third-order valence-electron chi connectivity index (χ3n) is 11.0. The quantitative estimate of drug-likeness (QED) is 0.177. The summed E-state index contributed by atoms with van der Waals surface area (Å²) in [5.74, 6) is 1.85. The molecular weight excluding hydrogens is 693 g/mol. The average Bonchev–Trinajstić information content (AvgIpc) is 3.91. The summed E-state index contributed by atoms with van der Waals surface area (Å²) in [4.78, 5) is 20.2. The molecule has 0 aliphatic heterocycles. The molecule has 11 rings (SSSR count). The fraction of sp³-hybridized carbons (Fsp3) is 0.0612. The number of fused-ring (bicyclic) bond motifs is 7. The summed E-state index contributed by atoms with van der Waals surface area (Å²) in [5, 5.41) is 3.06. The smallest absolute Gasteiger partial charge is 0.164 e. The lowest BCUT2D eigenvalue weighted by atomic mass is 9.81. The molecule has 0 fully saturated rings. The number of aromatic nitrogens is 4. The zero-order valence-electron chi connectivity index (χ0n) is 30.1. The Kier molecular flexibility index (Phi) is 7.00. The zero-order chi connectivity index (χ0) is 36.7. The van der Waals surface area contributed by atoms with E-state index in [-0.39, 0.29) is 5.41 Å². The highest BCUT2D eigenvalue weighted by Crippen LogP contribution is 2.52. The standard InChI is InChI=1S/C49H32N4OS/c1-49(2)38-26-32(22-23-34(38)37-27-40-42(28-39(37)49)55-48(50-40)31-18-10-5-11-19-31)33-24-25-36(43-35-20-12-13-21-41(35)54-44(33)43)47-52-45(29-14-6-3-7-15-29)51-46(53-47)30-16-8-4-9-17-30/h3-28H,1-2H3. The van der Waals surface area contributed by atoms with Crippen molar-refractivity contribution in [1.82, 2.24) is 19.9 Å². The summed E-state index contributed by atoms with van der Waals surface area (Å²) in [6.07, 6.45) is 0. The van der Waals surface area contributed by atoms with Crippen molar-refractivity contribution in [2.24, 2.45) is 0 Å². The number of nitrogens with zero attached hydrogens (tertiary/aromatic N) is 4. The normalized spacial score (nSPS) is 13.1. The molecule has 0 saturated heterocycles. The van der Waals surface area contributed by atoms with Gasteiger partial charge in [0.25, 0.3) is 0 Å². The van der Waals surface area contributed by atoms with Crippen LogP contribution in [0.3, 0.4) is 0 Å². The van der Waals surface area contributed by atoms with E-state index in [4.69, 9.17) is 24.4 Å². The number of furan rings is 1. The predicted molar refractivity (Wildman–Crippen MR) is 225 cm³/mol. The van der Waals surface area contributed by atoms with Gasteiger partial charge in [-0.15, -0.1) is 11.3 Å². The second-order valence-corrected chi connectivity index (χ2v) is 15.7. The first-order chi connectivity index (χ1) is 27.0. The topological polar surface area (TPSA) is 64.7 Å². The zero-order valence-corrected chi connectivity index (χ0v) is 30.9. The van der Waals surface area contributed by atoms with Gasteiger partial charge in [-0.2, -0.15) is 0 Å². The number of benzene rings is 7. The van der Waals surface area contributed by atoms with E-state index in [0.29, 0.717) is 17.5 Å². The van der Waals surface area contributed by atoms with E-state index in [1.807, 2.05) is 78.9 Å². The van der Waals surface area contributed by atoms with Gasteiger partial charge in [0.1, 0.15) is 16.2 Å². The van der Waals surface area contributed by atoms with Gasteiger partial charge in [-0.25, -0.2) is 19.9 Å². The van der Waals surface area contributed by atoms with Crippen LogP contribution in [-0.4, -0.2) is 19.9 Å². The summed E-state index contributed by atoms with van der Waals surface area (Å²) in [6, 6.07) is 54.7. The highest BCUT2D eigenvalue weighted by molar-refractivity contribution is 7.21. The van der Waals surface area contributed by atoms with E-state index >= 15 is 0 Å². The highest BCUT2D eigenvalue weighted by atomic mass is 32.1. The minimum absolute atomic E-state index is 0.203. The molecule has 7 aromatic carbocycles. The molecule has 0 atom stereocenters. The minimum atomic E-state index is -0.203. The van der Waals surface area contributed by atoms with Crippen LogP contribution in [0, 0.1) is 0 Å². The van der Waals surface area contributed by atoms with E-state index in [2.05, 4.69) is 92.7 Å². The molecule has 0 bridgehead atoms. The Morgan fingerprint density at radius 1 is 0.473 bits per heavy atom. The molecule has 6 heteroatoms. The molecule has 10 aromatic rings. The van der Waals surface area contributed by atoms with Crippen molar-refractivity contribution in [2.45, 2.75) is 19.3 Å². The van der Waals surface area contributed by atoms with Crippen LogP contribution in [-0.2, 0) is 5.41 Å². The van der Waals surface area contributed by atoms with Crippen LogP contribution in [0.4, 0.5) is 0 Å². The fourth-order valence-electron chi connectivity index (χ4n) is 8.20. The maximum absolute atomic E-state index is 6.77. The summed E-state index contributed by atoms with van der Waals surface area (Å²) in [5.41, 5.74) is 13.7. The lowest BCUT2D eigenvalue weighted by Gasteiger charge is -2.22. The largest absolute Gasteiger partial charge is 0.455 e. The summed E-state index contributed by atoms with van der Waals surface area (Å²) >= 11 is 1.76. The number of hydrogen-bond donors (Lipinski definition) is 0. The van der Waals surface area contributed by atoms with Crippen LogP contribution >= 0.6 is 11.3 Å². The first-order valence-corrected chi connectivity index (χ1v) is 19.3. The third kappa shape index (κ3) is 5.06. The Balaban J connectivity index is 1.07. The van der Waals surface area contributed by atoms with Gasteiger partial charge in [-0.05, 0) is 64.2 Å². The lowest BCUT2D eigenvalue weighted by Crippen LogP contribution is -2.15. The first kappa shape index (κ1) is 31.7. The minimum Gasteiger partial charge on any atom is -0.455 e. The summed E-state index contributed by atoms with van der Waals surface area (Å²) in [6.45, 7) is 4.67. The molecule has 55 heavy (non-hydrogen) atoms. The van der Waals surface area contributed by atoms with E-state index in [1.54, 1.807) is 11.3 Å². The number of thiazole rings is 1. The van der Waals surface area contributed by atoms with Crippen LogP contribution in [0.15, 0.2) is 162 Å². The Bertz CT molecular complexity index is 3050. The van der Waals surface area contributed by atoms with Crippen LogP contribution in [0.1, 0.15) is 25.0 Å². The molecule has 1 aliphatic carbocycles. The van der Waals surface area contributed by atoms with Crippen molar-refractivity contribution in [3.8, 4) is 67.0 Å². The van der Waals surface area contributed by atoms with E-state index in [0.717, 1.165) is 65.8 Å². The molecule has 0 N–H and O–H groups in total. The Labute approximate surface area is 321 Å². The molecule has 3 aromatic heterocycles. The van der Waals surface area contributed by atoms with Crippen molar-refractivity contribution in [2.75, 3.05) is 0 Å². The second kappa shape index (κ2) is 12.1. The third-order valence-corrected chi connectivity index (χ3v) is 12.0. The van der Waals surface area contributed by atoms with Crippen LogP contribution in [0.5, 0.6) is 0 Å². The van der Waals surface area contributed by atoms with Gasteiger partial charge in [0.15, 0.2) is 17.5 Å². The van der Waals surface area contributed by atoms with E-state index < -0.39 is 0 Å². The Hall–Kier alpha value is -6.76. The van der Waals surface area contributed by atoms with Gasteiger partial charge >= 0.3 is 0 Å². The van der Waals surface area contributed by atoms with Crippen molar-refractivity contribution in [3.05, 3.63) is 169 Å². The average molecular weight is 725 g/mol. The van der Waals surface area contributed by atoms with Gasteiger partial charge in [0.05, 0.1) is 10.2 Å². The van der Waals surface area contributed by atoms with Crippen molar-refractivity contribution >= 4 is 43.5 Å². The second-order valence-electron chi connectivity index (χ2n) is 14.6. The van der Waals surface area contributed by atoms with Crippen molar-refractivity contribution < 1.29 is 4.42 Å². The maximum atomic E-state index is 6.77. The van der Waals surface area contributed by atoms with E-state index in [1.165, 1.54) is 27.0 Å². The van der Waals surface area contributed by atoms with Crippen molar-refractivity contribution in [3.63, 3.8) is 0 Å². The number of para-hydroxylation sites is 1. The molecule has 0 spiro atoms. The molecule has 3 heterocycles. The summed E-state index contributed by atoms with van der Waals surface area (Å²) in [7, 11) is 0. The molecule has 0 unspecified atom stereocenters. The monoisotopic (exact) mass is 724 g/mol. The number of rotatable bonds is 5. The van der Waals surface area contributed by atoms with Gasteiger partial charge in [0, 0.05) is 44.0 Å². The highest BCUT2D eigenvalue weighted by Gasteiger charge is 2.36. The molecule has 0 amide bonds. The molecule has 5 nitrogen and oxygen atoms in total. The maximum Gasteiger partial charge on any atom is 0.164 e. The Morgan fingerprint density at radius 2 is 1.05 bits per heavy atom. The van der Waals surface area contributed by atoms with E-state index in [9.17, 15) is 0 Å². The summed E-state index contributed by atoms with van der Waals surface area (Å²) < 4.78 is 7.99. The number of hydrogen-bond acceptors (Lipinski definition) is 6. The Morgan fingerprint density at radius 3 is 1.76 bits per heavy atom. The molecule has 0 saturated carbocycles. The first-order valence-electron chi connectivity index (χ1n) is 18.5. The van der Waals surface area contributed by atoms with Crippen LogP contribution in [0.25, 0.3) is 99.1 Å². The van der Waals surface area contributed by atoms with Gasteiger partial charge in [-0.1, -0.05) is 135 Å².